The summed E-state index contributed by atoms with van der Waals surface area (Å²) in [5, 5.41) is 7.24. The molecule has 0 aliphatic rings. The van der Waals surface area contributed by atoms with E-state index in [-0.39, 0.29) is 18.3 Å². The van der Waals surface area contributed by atoms with Crippen molar-refractivity contribution in [1.82, 2.24) is 19.7 Å². The number of amides is 1. The van der Waals surface area contributed by atoms with Gasteiger partial charge in [-0.05, 0) is 74.9 Å². The monoisotopic (exact) mass is 447 g/mol. The minimum Gasteiger partial charge on any atom is -0.484 e. The van der Waals surface area contributed by atoms with Crippen molar-refractivity contribution in [3.63, 3.8) is 0 Å². The Morgan fingerprint density at radius 3 is 2.36 bits per heavy atom. The number of nitrogens with zero attached hydrogens (tertiary/aromatic N) is 4. The summed E-state index contributed by atoms with van der Waals surface area (Å²) in [6.07, 6.45) is 1.42. The number of carbonyl (C=O) groups is 1. The summed E-state index contributed by atoms with van der Waals surface area (Å²) in [5.74, 6) is 1.23. The van der Waals surface area contributed by atoms with Crippen LogP contribution in [0.1, 0.15) is 17.0 Å². The molecule has 33 heavy (non-hydrogen) atoms. The number of halogens is 1. The molecule has 4 rings (SSSR count). The molecule has 1 N–H and O–H groups in total. The first-order valence-electron chi connectivity index (χ1n) is 10.2. The minimum absolute atomic E-state index is 0.195. The maximum Gasteiger partial charge on any atom is 0.262 e. The van der Waals surface area contributed by atoms with Crippen LogP contribution in [-0.4, -0.2) is 32.3 Å². The molecule has 2 heterocycles. The van der Waals surface area contributed by atoms with Crippen LogP contribution in [0.3, 0.4) is 0 Å². The standard InChI is InChI=1S/C24H22FN5O3/c1-15-16(2)29-30(17(15)3)22-12-24(27-14-26-22)33-21-10-6-19(7-11-21)28-23(31)13-32-20-8-4-18(25)5-9-20/h4-12,14H,13H2,1-3H3,(H,28,31). The van der Waals surface area contributed by atoms with Gasteiger partial charge in [-0.1, -0.05) is 0 Å². The van der Waals surface area contributed by atoms with Crippen LogP contribution < -0.4 is 14.8 Å². The minimum atomic E-state index is -0.367. The second-order valence-electron chi connectivity index (χ2n) is 7.34. The van der Waals surface area contributed by atoms with E-state index in [4.69, 9.17) is 9.47 Å². The van der Waals surface area contributed by atoms with Crippen molar-refractivity contribution in [3.05, 3.63) is 83.7 Å². The van der Waals surface area contributed by atoms with Crippen LogP contribution in [0.4, 0.5) is 10.1 Å². The van der Waals surface area contributed by atoms with Crippen LogP contribution in [0.5, 0.6) is 17.4 Å². The summed E-state index contributed by atoms with van der Waals surface area (Å²) in [7, 11) is 0. The lowest BCUT2D eigenvalue weighted by atomic mass is 10.2. The number of hydrogen-bond donors (Lipinski definition) is 1. The first kappa shape index (κ1) is 21.9. The highest BCUT2D eigenvalue weighted by Crippen LogP contribution is 2.23. The molecule has 168 valence electrons. The maximum atomic E-state index is 12.9. The highest BCUT2D eigenvalue weighted by Gasteiger charge is 2.12. The van der Waals surface area contributed by atoms with Gasteiger partial charge in [0.2, 0.25) is 5.88 Å². The van der Waals surface area contributed by atoms with Crippen LogP contribution in [0.15, 0.2) is 60.9 Å². The number of benzene rings is 2. The van der Waals surface area contributed by atoms with Gasteiger partial charge in [-0.2, -0.15) is 5.10 Å². The van der Waals surface area contributed by atoms with E-state index in [1.54, 1.807) is 35.0 Å². The maximum absolute atomic E-state index is 12.9. The number of carbonyl (C=O) groups excluding carboxylic acids is 1. The van der Waals surface area contributed by atoms with Gasteiger partial charge in [0.05, 0.1) is 5.69 Å². The van der Waals surface area contributed by atoms with Crippen LogP contribution in [-0.2, 0) is 4.79 Å². The summed E-state index contributed by atoms with van der Waals surface area (Å²) >= 11 is 0. The van der Waals surface area contributed by atoms with E-state index in [0.717, 1.165) is 17.0 Å². The number of rotatable bonds is 7. The van der Waals surface area contributed by atoms with Gasteiger partial charge < -0.3 is 14.8 Å². The molecule has 0 fully saturated rings. The van der Waals surface area contributed by atoms with E-state index in [0.29, 0.717) is 28.9 Å². The molecular formula is C24H22FN5O3. The molecule has 0 spiro atoms. The highest BCUT2D eigenvalue weighted by molar-refractivity contribution is 5.91. The Hall–Kier alpha value is -4.27. The molecule has 0 aliphatic carbocycles. The fourth-order valence-electron chi connectivity index (χ4n) is 3.05. The van der Waals surface area contributed by atoms with Crippen LogP contribution in [0.25, 0.3) is 5.82 Å². The van der Waals surface area contributed by atoms with Gasteiger partial charge in [0.1, 0.15) is 23.6 Å². The van der Waals surface area contributed by atoms with Gasteiger partial charge in [0.15, 0.2) is 12.4 Å². The van der Waals surface area contributed by atoms with E-state index in [1.165, 1.54) is 30.6 Å². The number of ether oxygens (including phenoxy) is 2. The molecule has 4 aromatic rings. The number of aryl methyl sites for hydroxylation is 1. The second-order valence-corrected chi connectivity index (χ2v) is 7.34. The van der Waals surface area contributed by atoms with Crippen LogP contribution >= 0.6 is 0 Å². The Balaban J connectivity index is 1.36. The molecule has 1 amide bonds. The van der Waals surface area contributed by atoms with Crippen molar-refractivity contribution in [3.8, 4) is 23.2 Å². The van der Waals surface area contributed by atoms with Gasteiger partial charge in [-0.3, -0.25) is 4.79 Å². The van der Waals surface area contributed by atoms with E-state index in [1.807, 2.05) is 20.8 Å². The Morgan fingerprint density at radius 1 is 1.00 bits per heavy atom. The molecule has 9 heteroatoms. The summed E-state index contributed by atoms with van der Waals surface area (Å²) in [5.41, 5.74) is 3.63. The molecular weight excluding hydrogens is 425 g/mol. The molecule has 0 saturated carbocycles. The lowest BCUT2D eigenvalue weighted by molar-refractivity contribution is -0.118. The molecule has 0 radical (unpaired) electrons. The van der Waals surface area contributed by atoms with Gasteiger partial charge in [-0.25, -0.2) is 19.0 Å². The lowest BCUT2D eigenvalue weighted by Crippen LogP contribution is -2.20. The smallest absolute Gasteiger partial charge is 0.262 e. The zero-order chi connectivity index (χ0) is 23.4. The Bertz CT molecular complexity index is 1270. The third-order valence-electron chi connectivity index (χ3n) is 5.04. The zero-order valence-electron chi connectivity index (χ0n) is 18.4. The molecule has 0 aliphatic heterocycles. The molecule has 0 saturated heterocycles. The van der Waals surface area contributed by atoms with Crippen molar-refractivity contribution < 1.29 is 18.7 Å². The van der Waals surface area contributed by atoms with Gasteiger partial charge in [0.25, 0.3) is 5.91 Å². The van der Waals surface area contributed by atoms with Gasteiger partial charge >= 0.3 is 0 Å². The van der Waals surface area contributed by atoms with Crippen molar-refractivity contribution in [2.75, 3.05) is 11.9 Å². The van der Waals surface area contributed by atoms with Gasteiger partial charge in [-0.15, -0.1) is 0 Å². The average Bonchev–Trinajstić information content (AvgIpc) is 3.07. The first-order chi connectivity index (χ1) is 15.9. The quantitative estimate of drug-likeness (QED) is 0.447. The predicted molar refractivity (Wildman–Crippen MR) is 120 cm³/mol. The molecule has 2 aromatic heterocycles. The zero-order valence-corrected chi connectivity index (χ0v) is 18.4. The van der Waals surface area contributed by atoms with Gasteiger partial charge in [0, 0.05) is 17.4 Å². The molecule has 0 unspecified atom stereocenters. The average molecular weight is 447 g/mol. The predicted octanol–water partition coefficient (Wildman–Crippen LogP) is 4.54. The largest absolute Gasteiger partial charge is 0.484 e. The summed E-state index contributed by atoms with van der Waals surface area (Å²) in [6.45, 7) is 5.75. The summed E-state index contributed by atoms with van der Waals surface area (Å²) < 4.78 is 25.8. The lowest BCUT2D eigenvalue weighted by Gasteiger charge is -2.09. The van der Waals surface area contributed by atoms with Crippen LogP contribution in [0, 0.1) is 26.6 Å². The van der Waals surface area contributed by atoms with E-state index in [2.05, 4.69) is 20.4 Å². The third-order valence-corrected chi connectivity index (χ3v) is 5.04. The SMILES string of the molecule is Cc1nn(-c2cc(Oc3ccc(NC(=O)COc4ccc(F)cc4)cc3)ncn2)c(C)c1C. The fraction of sp³-hybridized carbons (Fsp3) is 0.167. The molecule has 8 nitrogen and oxygen atoms in total. The molecule has 2 aromatic carbocycles. The number of aromatic nitrogens is 4. The fourth-order valence-corrected chi connectivity index (χ4v) is 3.05. The number of hydrogen-bond acceptors (Lipinski definition) is 6. The van der Waals surface area contributed by atoms with Crippen molar-refractivity contribution >= 4 is 11.6 Å². The third kappa shape index (κ3) is 5.32. The first-order valence-corrected chi connectivity index (χ1v) is 10.2. The Kier molecular flexibility index (Phi) is 6.30. The number of anilines is 1. The van der Waals surface area contributed by atoms with E-state index in [9.17, 15) is 9.18 Å². The normalized spacial score (nSPS) is 10.7. The number of nitrogens with one attached hydrogen (secondary N) is 1. The summed E-state index contributed by atoms with van der Waals surface area (Å²) in [4.78, 5) is 20.5. The Labute approximate surface area is 190 Å². The van der Waals surface area contributed by atoms with E-state index >= 15 is 0 Å². The van der Waals surface area contributed by atoms with Crippen LogP contribution in [0.2, 0.25) is 0 Å². The topological polar surface area (TPSA) is 91.2 Å². The van der Waals surface area contributed by atoms with E-state index < -0.39 is 0 Å². The van der Waals surface area contributed by atoms with Crippen molar-refractivity contribution in [1.29, 1.82) is 0 Å². The van der Waals surface area contributed by atoms with Crippen molar-refractivity contribution in [2.24, 2.45) is 0 Å². The second kappa shape index (κ2) is 9.47. The van der Waals surface area contributed by atoms with Crippen molar-refractivity contribution in [2.45, 2.75) is 20.8 Å². The highest BCUT2D eigenvalue weighted by atomic mass is 19.1. The molecule has 0 atom stereocenters. The molecule has 0 bridgehead atoms. The Morgan fingerprint density at radius 2 is 1.70 bits per heavy atom. The summed E-state index contributed by atoms with van der Waals surface area (Å²) in [6, 6.07) is 14.0.